The first-order valence-electron chi connectivity index (χ1n) is 9.54. The van der Waals surface area contributed by atoms with Crippen molar-refractivity contribution < 1.29 is 22.7 Å². The van der Waals surface area contributed by atoms with E-state index in [1.165, 1.54) is 18.1 Å². The largest absolute Gasteiger partial charge is 0.497 e. The molecule has 0 saturated carbocycles. The Morgan fingerprint density at radius 1 is 1.17 bits per heavy atom. The van der Waals surface area contributed by atoms with Crippen LogP contribution in [0.3, 0.4) is 0 Å². The highest BCUT2D eigenvalue weighted by Crippen LogP contribution is 2.25. The molecule has 0 saturated heterocycles. The summed E-state index contributed by atoms with van der Waals surface area (Å²) in [5.74, 6) is -1.53. The van der Waals surface area contributed by atoms with Crippen molar-refractivity contribution in [3.05, 3.63) is 75.1 Å². The van der Waals surface area contributed by atoms with Gasteiger partial charge in [-0.15, -0.1) is 0 Å². The van der Waals surface area contributed by atoms with E-state index < -0.39 is 23.3 Å². The van der Waals surface area contributed by atoms with Gasteiger partial charge < -0.3 is 14.1 Å². The zero-order valence-electron chi connectivity index (χ0n) is 17.3. The molecule has 1 unspecified atom stereocenters. The molecule has 2 aromatic carbocycles. The van der Waals surface area contributed by atoms with Crippen LogP contribution in [0.15, 0.2) is 45.6 Å². The molecule has 1 atom stereocenters. The molecule has 30 heavy (non-hydrogen) atoms. The lowest BCUT2D eigenvalue weighted by Crippen LogP contribution is -2.30. The van der Waals surface area contributed by atoms with Gasteiger partial charge in [-0.05, 0) is 55.7 Å². The number of hydrogen-bond acceptors (Lipinski definition) is 4. The van der Waals surface area contributed by atoms with Crippen LogP contribution in [0.1, 0.15) is 36.1 Å². The van der Waals surface area contributed by atoms with Crippen molar-refractivity contribution >= 4 is 16.9 Å². The summed E-state index contributed by atoms with van der Waals surface area (Å²) < 4.78 is 37.2. The number of carbonyl (C=O) groups is 1. The molecular formula is C23H23F2NO4. The quantitative estimate of drug-likeness (QED) is 0.555. The van der Waals surface area contributed by atoms with Crippen LogP contribution in [0.2, 0.25) is 0 Å². The number of rotatable bonds is 6. The second-order valence-corrected chi connectivity index (χ2v) is 7.21. The predicted octanol–water partition coefficient (Wildman–Crippen LogP) is 4.54. The average Bonchev–Trinajstić information content (AvgIpc) is 2.73. The van der Waals surface area contributed by atoms with E-state index in [2.05, 4.69) is 0 Å². The Balaban J connectivity index is 1.77. The molecule has 5 nitrogen and oxygen atoms in total. The number of ether oxygens (including phenoxy) is 1. The lowest BCUT2D eigenvalue weighted by Gasteiger charge is -2.25. The molecule has 1 heterocycles. The number of hydrogen-bond donors (Lipinski definition) is 0. The smallest absolute Gasteiger partial charge is 0.339 e. The molecule has 0 aliphatic heterocycles. The number of methoxy groups -OCH3 is 1. The van der Waals surface area contributed by atoms with E-state index in [1.807, 2.05) is 13.0 Å². The highest BCUT2D eigenvalue weighted by atomic mass is 19.2. The van der Waals surface area contributed by atoms with Crippen LogP contribution in [-0.2, 0) is 11.2 Å². The maximum absolute atomic E-state index is 13.5. The zero-order chi connectivity index (χ0) is 22.0. The van der Waals surface area contributed by atoms with Crippen LogP contribution in [0, 0.1) is 18.6 Å². The second kappa shape index (κ2) is 8.65. The summed E-state index contributed by atoms with van der Waals surface area (Å²) in [4.78, 5) is 26.6. The number of fused-ring (bicyclic) bond motifs is 1. The zero-order valence-corrected chi connectivity index (χ0v) is 17.3. The number of halogens is 2. The molecule has 0 radical (unpaired) electrons. The van der Waals surface area contributed by atoms with Crippen LogP contribution in [-0.4, -0.2) is 25.0 Å². The maximum Gasteiger partial charge on any atom is 0.339 e. The summed E-state index contributed by atoms with van der Waals surface area (Å²) >= 11 is 0. The van der Waals surface area contributed by atoms with Crippen molar-refractivity contribution in [1.82, 2.24) is 4.90 Å². The average molecular weight is 415 g/mol. The third-order valence-electron chi connectivity index (χ3n) is 5.48. The van der Waals surface area contributed by atoms with Gasteiger partial charge in [0.1, 0.15) is 11.3 Å². The van der Waals surface area contributed by atoms with Crippen molar-refractivity contribution in [2.75, 3.05) is 14.2 Å². The fraction of sp³-hybridized carbons (Fsp3) is 0.304. The fourth-order valence-corrected chi connectivity index (χ4v) is 3.41. The first-order valence-corrected chi connectivity index (χ1v) is 9.54. The molecule has 0 bridgehead atoms. The van der Waals surface area contributed by atoms with Crippen molar-refractivity contribution in [2.24, 2.45) is 0 Å². The van der Waals surface area contributed by atoms with Gasteiger partial charge in [-0.25, -0.2) is 13.6 Å². The Hall–Kier alpha value is -3.22. The summed E-state index contributed by atoms with van der Waals surface area (Å²) in [5.41, 5.74) is 1.62. The molecule has 0 aliphatic carbocycles. The highest BCUT2D eigenvalue weighted by molar-refractivity contribution is 5.82. The van der Waals surface area contributed by atoms with Crippen molar-refractivity contribution in [3.63, 3.8) is 0 Å². The van der Waals surface area contributed by atoms with Crippen LogP contribution in [0.4, 0.5) is 8.78 Å². The third-order valence-corrected chi connectivity index (χ3v) is 5.48. The van der Waals surface area contributed by atoms with E-state index in [4.69, 9.17) is 9.15 Å². The number of nitrogens with zero attached hydrogens (tertiary/aromatic N) is 1. The van der Waals surface area contributed by atoms with Crippen LogP contribution in [0.25, 0.3) is 11.0 Å². The van der Waals surface area contributed by atoms with Crippen LogP contribution >= 0.6 is 0 Å². The van der Waals surface area contributed by atoms with Crippen molar-refractivity contribution in [2.45, 2.75) is 32.7 Å². The van der Waals surface area contributed by atoms with Crippen LogP contribution in [0.5, 0.6) is 5.75 Å². The Labute approximate surface area is 172 Å². The van der Waals surface area contributed by atoms with Gasteiger partial charge >= 0.3 is 5.63 Å². The monoisotopic (exact) mass is 415 g/mol. The van der Waals surface area contributed by atoms with Gasteiger partial charge in [-0.1, -0.05) is 6.07 Å². The Morgan fingerprint density at radius 3 is 2.57 bits per heavy atom. The summed E-state index contributed by atoms with van der Waals surface area (Å²) in [7, 11) is 3.13. The first kappa shape index (κ1) is 21.5. The van der Waals surface area contributed by atoms with Gasteiger partial charge in [0.2, 0.25) is 5.91 Å². The lowest BCUT2D eigenvalue weighted by atomic mass is 10.0. The van der Waals surface area contributed by atoms with Gasteiger partial charge in [0.05, 0.1) is 13.2 Å². The first-order chi connectivity index (χ1) is 14.2. The number of carbonyl (C=O) groups excluding carboxylic acids is 1. The predicted molar refractivity (Wildman–Crippen MR) is 110 cm³/mol. The highest BCUT2D eigenvalue weighted by Gasteiger charge is 2.20. The van der Waals surface area contributed by atoms with E-state index in [0.29, 0.717) is 22.5 Å². The standard InChI is InChI=1S/C23H23F2NO4/c1-13-17-7-6-16(29-4)12-21(17)30-23(28)18(13)8-10-22(27)26(3)14(2)15-5-9-19(24)20(25)11-15/h5-7,9,11-12,14H,8,10H2,1-4H3. The summed E-state index contributed by atoms with van der Waals surface area (Å²) in [6.07, 6.45) is 0.293. The van der Waals surface area contributed by atoms with E-state index in [1.54, 1.807) is 26.1 Å². The Kier molecular flexibility index (Phi) is 6.20. The number of amides is 1. The Morgan fingerprint density at radius 2 is 1.90 bits per heavy atom. The Bertz CT molecular complexity index is 1160. The second-order valence-electron chi connectivity index (χ2n) is 7.21. The van der Waals surface area contributed by atoms with E-state index in [9.17, 15) is 18.4 Å². The number of aryl methyl sites for hydroxylation is 1. The molecule has 7 heteroatoms. The maximum atomic E-state index is 13.5. The molecular weight excluding hydrogens is 392 g/mol. The molecule has 0 fully saturated rings. The van der Waals surface area contributed by atoms with E-state index in [-0.39, 0.29) is 18.7 Å². The van der Waals surface area contributed by atoms with Gasteiger partial charge in [0.25, 0.3) is 0 Å². The van der Waals surface area contributed by atoms with Crippen molar-refractivity contribution in [3.8, 4) is 5.75 Å². The molecule has 1 amide bonds. The van der Waals surface area contributed by atoms with Gasteiger partial charge in [-0.2, -0.15) is 0 Å². The van der Waals surface area contributed by atoms with E-state index in [0.717, 1.165) is 23.1 Å². The SMILES string of the molecule is COc1ccc2c(C)c(CCC(=O)N(C)C(C)c3ccc(F)c(F)c3)c(=O)oc2c1. The molecule has 1 aromatic heterocycles. The van der Waals surface area contributed by atoms with Crippen molar-refractivity contribution in [1.29, 1.82) is 0 Å². The minimum Gasteiger partial charge on any atom is -0.497 e. The minimum absolute atomic E-state index is 0.0811. The molecule has 0 aliphatic rings. The molecule has 0 spiro atoms. The molecule has 0 N–H and O–H groups in total. The minimum atomic E-state index is -0.957. The van der Waals surface area contributed by atoms with Crippen LogP contribution < -0.4 is 10.4 Å². The third kappa shape index (κ3) is 4.20. The fourth-order valence-electron chi connectivity index (χ4n) is 3.41. The molecule has 158 valence electrons. The van der Waals surface area contributed by atoms with E-state index >= 15 is 0 Å². The summed E-state index contributed by atoms with van der Waals surface area (Å²) in [6.45, 7) is 3.55. The topological polar surface area (TPSA) is 59.8 Å². The van der Waals surface area contributed by atoms with Gasteiger partial charge in [0.15, 0.2) is 11.6 Å². The normalized spacial score (nSPS) is 12.1. The summed E-state index contributed by atoms with van der Waals surface area (Å²) in [6, 6.07) is 8.36. The molecule has 3 aromatic rings. The summed E-state index contributed by atoms with van der Waals surface area (Å²) in [5, 5.41) is 0.779. The van der Waals surface area contributed by atoms with Gasteiger partial charge in [0, 0.05) is 30.5 Å². The molecule has 3 rings (SSSR count). The van der Waals surface area contributed by atoms with Gasteiger partial charge in [-0.3, -0.25) is 4.79 Å². The number of benzene rings is 2. The lowest BCUT2D eigenvalue weighted by molar-refractivity contribution is -0.131.